The van der Waals surface area contributed by atoms with Gasteiger partial charge in [-0.15, -0.1) is 0 Å². The van der Waals surface area contributed by atoms with E-state index < -0.39 is 0 Å². The Morgan fingerprint density at radius 1 is 0.688 bits per heavy atom. The summed E-state index contributed by atoms with van der Waals surface area (Å²) in [5, 5.41) is 3.34. The average Bonchev–Trinajstić information content (AvgIpc) is 3.64. The number of pyridine rings is 2. The zero-order valence-corrected chi connectivity index (χ0v) is 27.3. The monoisotopic (exact) mass is 623 g/mol. The normalized spacial score (nSPS) is 11.7. The van der Waals surface area contributed by atoms with Crippen molar-refractivity contribution in [2.45, 2.75) is 26.2 Å². The molecule has 4 aromatic carbocycles. The number of fused-ring (bicyclic) bond motifs is 4. The predicted octanol–water partition coefficient (Wildman–Crippen LogP) is 11.0. The number of rotatable bonds is 5. The van der Waals surface area contributed by atoms with Gasteiger partial charge in [-0.25, -0.2) is 9.83 Å². The first-order chi connectivity index (χ1) is 23.2. The van der Waals surface area contributed by atoms with Gasteiger partial charge in [0, 0.05) is 41.7 Å². The third kappa shape index (κ3) is 5.16. The number of hydrogen-bond donors (Lipinski definition) is 0. The van der Waals surface area contributed by atoms with Crippen molar-refractivity contribution in [1.29, 1.82) is 0 Å². The summed E-state index contributed by atoms with van der Waals surface area (Å²) in [4.78, 5) is 13.3. The summed E-state index contributed by atoms with van der Waals surface area (Å²) in [7, 11) is 2.00. The zero-order valence-electron chi connectivity index (χ0n) is 27.3. The van der Waals surface area contributed by atoms with Crippen LogP contribution in [0.5, 0.6) is 11.5 Å². The average molecular weight is 624 g/mol. The van der Waals surface area contributed by atoms with E-state index in [0.717, 1.165) is 55.3 Å². The van der Waals surface area contributed by atoms with E-state index in [2.05, 4.69) is 109 Å². The van der Waals surface area contributed by atoms with Gasteiger partial charge < -0.3 is 9.30 Å². The highest BCUT2D eigenvalue weighted by molar-refractivity contribution is 6.10. The van der Waals surface area contributed by atoms with Gasteiger partial charge in [0.15, 0.2) is 5.69 Å². The SMILES string of the molecule is [C-]#[N+]c1cc(Oc2ccc3c4cc(-c5ccccc5)ccc4n(-c4cc(C(C)(C)C)ccn4)c3c2)cc(-c2cc3ccn(C)c3cn2)c1. The van der Waals surface area contributed by atoms with Crippen molar-refractivity contribution < 1.29 is 4.74 Å². The molecule has 0 atom stereocenters. The quantitative estimate of drug-likeness (QED) is 0.179. The van der Waals surface area contributed by atoms with E-state index in [1.54, 1.807) is 6.07 Å². The first-order valence-electron chi connectivity index (χ1n) is 16.0. The van der Waals surface area contributed by atoms with Crippen LogP contribution in [0, 0.1) is 6.57 Å². The van der Waals surface area contributed by atoms with Crippen LogP contribution in [0.15, 0.2) is 128 Å². The Balaban J connectivity index is 1.27. The third-order valence-electron chi connectivity index (χ3n) is 9.01. The molecule has 0 radical (unpaired) electrons. The molecule has 0 bridgehead atoms. The summed E-state index contributed by atoms with van der Waals surface area (Å²) in [6.45, 7) is 14.4. The minimum Gasteiger partial charge on any atom is -0.459 e. The molecule has 0 amide bonds. The van der Waals surface area contributed by atoms with Crippen LogP contribution in [-0.2, 0) is 12.5 Å². The second-order valence-electron chi connectivity index (χ2n) is 13.2. The summed E-state index contributed by atoms with van der Waals surface area (Å²) in [5.41, 5.74) is 8.73. The Morgan fingerprint density at radius 3 is 2.35 bits per heavy atom. The van der Waals surface area contributed by atoms with Gasteiger partial charge in [-0.2, -0.15) is 0 Å². The molecular weight excluding hydrogens is 590 g/mol. The first-order valence-corrected chi connectivity index (χ1v) is 16.0. The molecule has 6 nitrogen and oxygen atoms in total. The second kappa shape index (κ2) is 11.3. The lowest BCUT2D eigenvalue weighted by Gasteiger charge is -2.20. The molecule has 0 saturated carbocycles. The molecule has 8 rings (SSSR count). The van der Waals surface area contributed by atoms with Crippen molar-refractivity contribution in [1.82, 2.24) is 19.1 Å². The summed E-state index contributed by atoms with van der Waals surface area (Å²) in [5.74, 6) is 2.10. The molecule has 232 valence electrons. The Kier molecular flexibility index (Phi) is 6.85. The molecule has 0 aliphatic heterocycles. The number of aromatic nitrogens is 4. The molecule has 0 fully saturated rings. The molecule has 0 aliphatic carbocycles. The van der Waals surface area contributed by atoms with Crippen LogP contribution < -0.4 is 4.74 Å². The van der Waals surface area contributed by atoms with Crippen LogP contribution in [0.2, 0.25) is 0 Å². The summed E-state index contributed by atoms with van der Waals surface area (Å²) >= 11 is 0. The van der Waals surface area contributed by atoms with Gasteiger partial charge in [0.1, 0.15) is 17.3 Å². The third-order valence-corrected chi connectivity index (χ3v) is 9.01. The van der Waals surface area contributed by atoms with Crippen LogP contribution in [-0.4, -0.2) is 19.1 Å². The topological polar surface area (TPSA) is 49.2 Å². The summed E-state index contributed by atoms with van der Waals surface area (Å²) in [6.07, 6.45) is 5.78. The smallest absolute Gasteiger partial charge is 0.191 e. The van der Waals surface area contributed by atoms with Crippen LogP contribution in [0.1, 0.15) is 26.3 Å². The molecule has 0 unspecified atom stereocenters. The van der Waals surface area contributed by atoms with Gasteiger partial charge in [0.05, 0.1) is 35.0 Å². The number of hydrogen-bond acceptors (Lipinski definition) is 3. The van der Waals surface area contributed by atoms with Gasteiger partial charge in [-0.05, 0) is 94.4 Å². The Bertz CT molecular complexity index is 2540. The molecule has 0 spiro atoms. The highest BCUT2D eigenvalue weighted by atomic mass is 16.5. The van der Waals surface area contributed by atoms with Crippen molar-refractivity contribution in [2.75, 3.05) is 0 Å². The lowest BCUT2D eigenvalue weighted by Crippen LogP contribution is -2.12. The maximum absolute atomic E-state index is 7.78. The first kappa shape index (κ1) is 29.2. The minimum atomic E-state index is -0.0310. The molecule has 4 aromatic heterocycles. The van der Waals surface area contributed by atoms with E-state index in [4.69, 9.17) is 21.3 Å². The van der Waals surface area contributed by atoms with E-state index >= 15 is 0 Å². The van der Waals surface area contributed by atoms with Crippen molar-refractivity contribution in [2.24, 2.45) is 7.05 Å². The number of benzene rings is 4. The molecule has 0 aliphatic rings. The number of ether oxygens (including phenoxy) is 1. The van der Waals surface area contributed by atoms with E-state index in [-0.39, 0.29) is 5.41 Å². The highest BCUT2D eigenvalue weighted by Crippen LogP contribution is 2.39. The van der Waals surface area contributed by atoms with Gasteiger partial charge >= 0.3 is 0 Å². The van der Waals surface area contributed by atoms with E-state index in [9.17, 15) is 0 Å². The van der Waals surface area contributed by atoms with Gasteiger partial charge in [-0.1, -0.05) is 57.2 Å². The standard InChI is InChI=1S/C42H33N5O/c1-42(2,3)31-15-17-44-41(23-31)47-38-14-11-28(27-9-7-6-8-10-27)21-36(38)35-13-12-33(25-39(35)47)48-34-20-30(19-32(24-34)43-4)37-22-29-16-18-46(5)40(29)26-45-37/h6-26H,1-3,5H3. The Hall–Kier alpha value is -6.19. The number of aryl methyl sites for hydroxylation is 1. The molecule has 48 heavy (non-hydrogen) atoms. The molecular formula is C42H33N5O. The van der Waals surface area contributed by atoms with Crippen LogP contribution in [0.3, 0.4) is 0 Å². The van der Waals surface area contributed by atoms with Gasteiger partial charge in [0.25, 0.3) is 0 Å². The fourth-order valence-electron chi connectivity index (χ4n) is 6.44. The van der Waals surface area contributed by atoms with Crippen molar-refractivity contribution in [3.8, 4) is 39.7 Å². The van der Waals surface area contributed by atoms with E-state index in [1.165, 1.54) is 11.1 Å². The van der Waals surface area contributed by atoms with Gasteiger partial charge in [-0.3, -0.25) is 9.55 Å². The van der Waals surface area contributed by atoms with Crippen molar-refractivity contribution in [3.05, 3.63) is 145 Å². The molecule has 0 saturated heterocycles. The van der Waals surface area contributed by atoms with Crippen molar-refractivity contribution in [3.63, 3.8) is 0 Å². The second-order valence-corrected chi connectivity index (χ2v) is 13.2. The summed E-state index contributed by atoms with van der Waals surface area (Å²) < 4.78 is 10.8. The lowest BCUT2D eigenvalue weighted by molar-refractivity contribution is 0.484. The Morgan fingerprint density at radius 2 is 1.54 bits per heavy atom. The van der Waals surface area contributed by atoms with Gasteiger partial charge in [0.2, 0.25) is 0 Å². The van der Waals surface area contributed by atoms with Crippen molar-refractivity contribution >= 4 is 38.4 Å². The molecule has 4 heterocycles. The Labute approximate surface area is 279 Å². The lowest BCUT2D eigenvalue weighted by atomic mass is 9.88. The predicted molar refractivity (Wildman–Crippen MR) is 195 cm³/mol. The fraction of sp³-hybridized carbons (Fsp3) is 0.119. The molecule has 6 heteroatoms. The molecule has 8 aromatic rings. The summed E-state index contributed by atoms with van der Waals surface area (Å²) in [6, 6.07) is 37.2. The van der Waals surface area contributed by atoms with Crippen LogP contribution >= 0.6 is 0 Å². The molecule has 0 N–H and O–H groups in total. The van der Waals surface area contributed by atoms with E-state index in [1.807, 2.05) is 54.5 Å². The van der Waals surface area contributed by atoms with Crippen LogP contribution in [0.4, 0.5) is 5.69 Å². The minimum absolute atomic E-state index is 0.0310. The maximum atomic E-state index is 7.78. The van der Waals surface area contributed by atoms with E-state index in [0.29, 0.717) is 17.2 Å². The maximum Gasteiger partial charge on any atom is 0.191 e. The largest absolute Gasteiger partial charge is 0.459 e. The number of nitrogens with zero attached hydrogens (tertiary/aromatic N) is 5. The zero-order chi connectivity index (χ0) is 33.0. The van der Waals surface area contributed by atoms with Crippen LogP contribution in [0.25, 0.3) is 65.8 Å². The fourth-order valence-corrected chi connectivity index (χ4v) is 6.44. The highest BCUT2D eigenvalue weighted by Gasteiger charge is 2.19.